The number of esters is 2. The summed E-state index contributed by atoms with van der Waals surface area (Å²) in [7, 11) is -5.62. The Morgan fingerprint density at radius 2 is 1.48 bits per heavy atom. The van der Waals surface area contributed by atoms with Crippen LogP contribution in [-0.4, -0.2) is 156 Å². The van der Waals surface area contributed by atoms with E-state index in [1.807, 2.05) is 67.6 Å². The van der Waals surface area contributed by atoms with Crippen molar-refractivity contribution in [2.45, 2.75) is 214 Å². The van der Waals surface area contributed by atoms with Gasteiger partial charge in [0, 0.05) is 56.2 Å². The zero-order valence-corrected chi connectivity index (χ0v) is 66.5. The third kappa shape index (κ3) is 22.1. The lowest BCUT2D eigenvalue weighted by molar-refractivity contribution is -0.163. The Balaban J connectivity index is 0.757. The van der Waals surface area contributed by atoms with E-state index in [-0.39, 0.29) is 89.0 Å². The summed E-state index contributed by atoms with van der Waals surface area (Å²) in [5.74, 6) is -5.51. The predicted octanol–water partition coefficient (Wildman–Crippen LogP) is 10.3. The van der Waals surface area contributed by atoms with Crippen LogP contribution in [0.4, 0.5) is 18.9 Å². The first-order valence-corrected chi connectivity index (χ1v) is 39.5. The highest BCUT2D eigenvalue weighted by Gasteiger charge is 2.57. The molecule has 31 heteroatoms. The van der Waals surface area contributed by atoms with Crippen LogP contribution in [-0.2, 0) is 114 Å². The number of ether oxygens (including phenoxy) is 5. The van der Waals surface area contributed by atoms with Gasteiger partial charge in [0.15, 0.2) is 5.67 Å². The Hall–Kier alpha value is -8.90. The third-order valence-electron chi connectivity index (χ3n) is 19.7. The molecule has 0 radical (unpaired) electrons. The van der Waals surface area contributed by atoms with Crippen molar-refractivity contribution < 1.29 is 98.7 Å². The van der Waals surface area contributed by atoms with Gasteiger partial charge in [-0.1, -0.05) is 99.6 Å². The number of para-hydroxylation sites is 1. The van der Waals surface area contributed by atoms with Gasteiger partial charge in [-0.05, 0) is 158 Å². The molecule has 4 aliphatic rings. The number of anilines is 1. The highest BCUT2D eigenvalue weighted by atomic mass is 32.1. The van der Waals surface area contributed by atoms with E-state index >= 15 is 8.78 Å². The van der Waals surface area contributed by atoms with E-state index in [1.54, 1.807) is 33.2 Å². The average molecular weight is 1580 g/mol. The number of allylic oxidation sites excluding steroid dienone is 1. The van der Waals surface area contributed by atoms with Crippen LogP contribution in [0.15, 0.2) is 96.5 Å². The van der Waals surface area contributed by atoms with Crippen LogP contribution in [0.5, 0.6) is 5.75 Å². The number of carbonyl (C=O) groups is 9. The first kappa shape index (κ1) is 86.1. The number of primary amides is 1. The Morgan fingerprint density at radius 3 is 2.09 bits per heavy atom. The summed E-state index contributed by atoms with van der Waals surface area (Å²) < 4.78 is 99.9. The van der Waals surface area contributed by atoms with Crippen molar-refractivity contribution in [3.05, 3.63) is 141 Å². The van der Waals surface area contributed by atoms with Crippen LogP contribution in [0.1, 0.15) is 166 Å². The van der Waals surface area contributed by atoms with E-state index in [1.165, 1.54) is 87.8 Å². The van der Waals surface area contributed by atoms with Crippen molar-refractivity contribution in [3.63, 3.8) is 0 Å². The number of likely N-dealkylation sites (tertiary alicyclic amines) is 1. The highest BCUT2D eigenvalue weighted by Crippen LogP contribution is 2.67. The highest BCUT2D eigenvalue weighted by molar-refractivity contribution is 7.54. The molecule has 0 unspecified atom stereocenters. The number of aliphatic hydroxyl groups excluding tert-OH is 1. The molecule has 111 heavy (non-hydrogen) atoms. The van der Waals surface area contributed by atoms with Gasteiger partial charge < -0.3 is 60.7 Å². The molecular weight excluding hydrogens is 1480 g/mol. The number of carbonyl (C=O) groups excluding carboxylic acids is 9. The standard InChI is InChI=1S/C80H102F3N8O18PS/c1-47(52-24-27-57(28-25-52)80(82,83)110(102,108-45-106-74(100)77(7,8)9)109-46-107-75(101)78(10,11)12)37-65(94)87-60-29-26-53-16-13-17-54-38-62(91(66(53)54)71(60)97)70(96)88-59(30-31-64(84)93)49(3)105-43-51-20-18-50(19-21-51)15-14-34-103-35-36-104-63-39-55(67-48(2)86-44-111-67)22-23-56(63)41-85-69(95)61-40-58(92)42-90(61)72(98)68(76(4,5)6)89-73(99)79(81)32-33-79/h13,16-25,27-28,37,39,44,49,58-62,68,92H,14-15,26,29-36,38,40-43,45-46H2,1-12H3,(H2,84,93)(H,85,95)(H,87,94)(H,88,96)(H,89,99)/b47-37+/t49-,58-,59+,60+,61+,62+,68-/m1/s1. The minimum Gasteiger partial charge on any atom is -0.491 e. The number of alkyl halides is 3. The molecule has 7 N–H and O–H groups in total. The molecule has 7 atom stereocenters. The fraction of sp³-hybridized carbons (Fsp3) is 0.525. The molecule has 7 amide bonds. The second-order valence-electron chi connectivity index (χ2n) is 31.7. The zero-order chi connectivity index (χ0) is 81.1. The molecule has 5 aromatic rings. The molecule has 0 bridgehead atoms. The fourth-order valence-electron chi connectivity index (χ4n) is 12.9. The summed E-state index contributed by atoms with van der Waals surface area (Å²) in [6.45, 7) is 18.0. The number of thiazole rings is 1. The van der Waals surface area contributed by atoms with E-state index in [4.69, 9.17) is 38.5 Å². The van der Waals surface area contributed by atoms with Gasteiger partial charge in [-0.15, -0.1) is 11.3 Å². The largest absolute Gasteiger partial charge is 0.491 e. The number of rotatable bonds is 35. The maximum absolute atomic E-state index is 16.3. The van der Waals surface area contributed by atoms with Crippen LogP contribution in [0, 0.1) is 23.2 Å². The monoisotopic (exact) mass is 1580 g/mol. The molecule has 4 aromatic carbocycles. The number of nitrogens with one attached hydrogen (secondary N) is 4. The van der Waals surface area contributed by atoms with E-state index in [9.17, 15) is 57.2 Å². The summed E-state index contributed by atoms with van der Waals surface area (Å²) in [6, 6.07) is 18.2. The van der Waals surface area contributed by atoms with Crippen LogP contribution in [0.25, 0.3) is 16.0 Å². The number of aryl methyl sites for hydroxylation is 3. The molecule has 1 aromatic heterocycles. The molecular formula is C80H102F3N8O18PS. The van der Waals surface area contributed by atoms with Gasteiger partial charge in [0.1, 0.15) is 36.5 Å². The second-order valence-corrected chi connectivity index (χ2v) is 34.6. The number of aliphatic hydroxyl groups is 1. The predicted molar refractivity (Wildman–Crippen MR) is 407 cm³/mol. The van der Waals surface area contributed by atoms with Crippen LogP contribution >= 0.6 is 18.9 Å². The van der Waals surface area contributed by atoms with Crippen LogP contribution in [0.3, 0.4) is 0 Å². The number of aromatic nitrogens is 1. The number of benzene rings is 4. The Labute approximate surface area is 648 Å². The van der Waals surface area contributed by atoms with E-state index < -0.39 is 150 Å². The SMILES string of the molecule is C/C(=C\C(=O)N[C@H]1CCc2cccc3c2N(C1=O)[C@H](C(=O)N[C@@H](CCC(N)=O)[C@@H](C)OCc1ccc(CCCOCCOc2cc(-c4scnc4C)ccc2CNC(=O)[C@@H]2C[C@@H](O)CN2C(=O)[C@@H](NC(=O)C2(F)CC2)C(C)(C)C)cc1)C3)c1ccc(C(F)(F)P(=O)(OCOC(=O)C(C)(C)C)OCOC(=O)C(C)(C)C)cc1. The van der Waals surface area contributed by atoms with Gasteiger partial charge in [-0.2, -0.15) is 8.78 Å². The number of amides is 7. The number of β-amino-alcohol motifs (C(OH)–C–C–N with tert-alkyl or cyclic N) is 1. The van der Waals surface area contributed by atoms with Gasteiger partial charge in [0.2, 0.25) is 49.0 Å². The summed E-state index contributed by atoms with van der Waals surface area (Å²) >= 11 is 1.48. The van der Waals surface area contributed by atoms with Gasteiger partial charge >= 0.3 is 25.2 Å². The first-order chi connectivity index (χ1) is 52.2. The molecule has 0 spiro atoms. The maximum Gasteiger partial charge on any atom is 0.410 e. The van der Waals surface area contributed by atoms with Gasteiger partial charge in [-0.25, -0.2) is 9.37 Å². The Morgan fingerprint density at radius 1 is 0.829 bits per heavy atom. The molecule has 9 rings (SSSR count). The number of nitrogens with zero attached hydrogens (tertiary/aromatic N) is 3. The number of halogens is 3. The smallest absolute Gasteiger partial charge is 0.410 e. The summed E-state index contributed by atoms with van der Waals surface area (Å²) in [6.07, 6.45) is 1.74. The van der Waals surface area contributed by atoms with Crippen molar-refractivity contribution in [3.8, 4) is 16.2 Å². The van der Waals surface area contributed by atoms with Crippen molar-refractivity contribution in [2.24, 2.45) is 22.0 Å². The van der Waals surface area contributed by atoms with Gasteiger partial charge in [-0.3, -0.25) is 61.7 Å². The lowest BCUT2D eigenvalue weighted by Gasteiger charge is -2.35. The lowest BCUT2D eigenvalue weighted by atomic mass is 9.85. The van der Waals surface area contributed by atoms with Crippen molar-refractivity contribution in [1.82, 2.24) is 31.2 Å². The third-order valence-corrected chi connectivity index (χ3v) is 22.5. The minimum absolute atomic E-state index is 0.0213. The van der Waals surface area contributed by atoms with Gasteiger partial charge in [0.05, 0.1) is 64.1 Å². The van der Waals surface area contributed by atoms with Crippen molar-refractivity contribution in [2.75, 3.05) is 44.9 Å². The molecule has 2 fully saturated rings. The number of hydrogen-bond donors (Lipinski definition) is 6. The van der Waals surface area contributed by atoms with Gasteiger partial charge in [0.25, 0.3) is 5.91 Å². The van der Waals surface area contributed by atoms with E-state index in [0.29, 0.717) is 42.9 Å². The zero-order valence-electron chi connectivity index (χ0n) is 64.8. The molecule has 26 nitrogen and oxygen atoms in total. The van der Waals surface area contributed by atoms with E-state index in [2.05, 4.69) is 26.3 Å². The molecule has 1 saturated carbocycles. The molecule has 1 saturated heterocycles. The number of nitrogens with two attached hydrogens (primary N) is 1. The second kappa shape index (κ2) is 36.3. The topological polar surface area (TPSA) is 349 Å². The Bertz CT molecular complexity index is 4270. The normalized spacial score (nSPS) is 18.6. The summed E-state index contributed by atoms with van der Waals surface area (Å²) in [4.78, 5) is 129. The van der Waals surface area contributed by atoms with Crippen molar-refractivity contribution >= 4 is 83.5 Å². The van der Waals surface area contributed by atoms with Crippen LogP contribution in [0.2, 0.25) is 0 Å². The molecule has 602 valence electrons. The molecule has 1 aliphatic carbocycles. The average Bonchev–Trinajstić information content (AvgIpc) is 1.61. The first-order valence-electron chi connectivity index (χ1n) is 37.1. The van der Waals surface area contributed by atoms with Crippen molar-refractivity contribution in [1.29, 1.82) is 0 Å². The summed E-state index contributed by atoms with van der Waals surface area (Å²) in [5.41, 5.74) is 4.06. The quantitative estimate of drug-likeness (QED) is 0.00722. The lowest BCUT2D eigenvalue weighted by Crippen LogP contribution is -2.59. The maximum atomic E-state index is 16.3. The van der Waals surface area contributed by atoms with E-state index in [0.717, 1.165) is 50.5 Å². The minimum atomic E-state index is -5.62. The molecule has 3 aliphatic heterocycles. The molecule has 4 heterocycles. The number of hydrogen-bond acceptors (Lipinski definition) is 20. The Kier molecular flexibility index (Phi) is 28.1. The summed E-state index contributed by atoms with van der Waals surface area (Å²) in [5, 5.41) is 22.1. The van der Waals surface area contributed by atoms with Crippen LogP contribution < -0.4 is 36.6 Å². The fourth-order valence-corrected chi connectivity index (χ4v) is 15.0.